The molecule has 0 radical (unpaired) electrons. The van der Waals surface area contributed by atoms with Crippen molar-refractivity contribution < 1.29 is 0 Å². The molecule has 19 heavy (non-hydrogen) atoms. The molecule has 0 unspecified atom stereocenters. The van der Waals surface area contributed by atoms with E-state index in [0.29, 0.717) is 0 Å². The van der Waals surface area contributed by atoms with Crippen LogP contribution in [0.4, 0.5) is 0 Å². The Morgan fingerprint density at radius 3 is 1.63 bits per heavy atom. The van der Waals surface area contributed by atoms with E-state index in [-0.39, 0.29) is 0 Å². The van der Waals surface area contributed by atoms with E-state index in [9.17, 15) is 0 Å². The lowest BCUT2D eigenvalue weighted by atomic mass is 10.7. The average molecular weight is 430 g/mol. The van der Waals surface area contributed by atoms with E-state index in [4.69, 9.17) is 0 Å². The molecule has 0 saturated carbocycles. The zero-order valence-electron chi connectivity index (χ0n) is 11.7. The van der Waals surface area contributed by atoms with Crippen molar-refractivity contribution in [2.24, 2.45) is 14.1 Å². The van der Waals surface area contributed by atoms with Crippen LogP contribution in [0.25, 0.3) is 0 Å². The number of hydrogen-bond donors (Lipinski definition) is 0. The van der Waals surface area contributed by atoms with E-state index in [1.807, 2.05) is 45.1 Å². The standard InChI is InChI=1S/C5H8N2S.C4H5IN2.C2H6S2/c1-7-4-5(8-2)3-6-7;1-7-3-4(5)2-6-7;1-3-4-2/h3-4H,1-2H3;2-3H,1H3;1-2H3. The van der Waals surface area contributed by atoms with Crippen LogP contribution in [0.15, 0.2) is 29.7 Å². The van der Waals surface area contributed by atoms with Crippen molar-refractivity contribution in [3.05, 3.63) is 28.4 Å². The molecule has 0 aliphatic heterocycles. The van der Waals surface area contributed by atoms with Crippen molar-refractivity contribution in [2.75, 3.05) is 18.8 Å². The van der Waals surface area contributed by atoms with Crippen LogP contribution in [0.5, 0.6) is 0 Å². The third-order valence-electron chi connectivity index (χ3n) is 1.76. The van der Waals surface area contributed by atoms with E-state index in [2.05, 4.69) is 45.3 Å². The Morgan fingerprint density at radius 1 is 0.947 bits per heavy atom. The first-order chi connectivity index (χ1) is 9.03. The van der Waals surface area contributed by atoms with Crippen LogP contribution in [-0.2, 0) is 14.1 Å². The fourth-order valence-corrected chi connectivity index (χ4v) is 1.83. The van der Waals surface area contributed by atoms with Gasteiger partial charge in [0.15, 0.2) is 0 Å². The van der Waals surface area contributed by atoms with Crippen LogP contribution in [0.3, 0.4) is 0 Å². The van der Waals surface area contributed by atoms with Crippen LogP contribution in [0.1, 0.15) is 0 Å². The molecule has 2 aromatic rings. The summed E-state index contributed by atoms with van der Waals surface area (Å²) in [5.74, 6) is 0. The van der Waals surface area contributed by atoms with E-state index >= 15 is 0 Å². The highest BCUT2D eigenvalue weighted by Crippen LogP contribution is 2.10. The molecule has 0 atom stereocenters. The molecule has 8 heteroatoms. The Hall–Kier alpha value is 0.200. The molecule has 2 heterocycles. The van der Waals surface area contributed by atoms with Crippen LogP contribution < -0.4 is 0 Å². The monoisotopic (exact) mass is 430 g/mol. The highest BCUT2D eigenvalue weighted by Gasteiger charge is 1.88. The SMILES string of the molecule is CSSC.CSc1cnn(C)c1.Cn1cc(I)cn1. The molecule has 4 nitrogen and oxygen atoms in total. The summed E-state index contributed by atoms with van der Waals surface area (Å²) in [6.07, 6.45) is 13.8. The highest BCUT2D eigenvalue weighted by atomic mass is 127. The molecule has 2 aromatic heterocycles. The third-order valence-corrected chi connectivity index (χ3v) is 4.33. The minimum Gasteiger partial charge on any atom is -0.275 e. The van der Waals surface area contributed by atoms with Gasteiger partial charge in [-0.2, -0.15) is 10.2 Å². The van der Waals surface area contributed by atoms with Gasteiger partial charge in [0.1, 0.15) is 0 Å². The Morgan fingerprint density at radius 2 is 1.47 bits per heavy atom. The molecule has 0 aromatic carbocycles. The van der Waals surface area contributed by atoms with Crippen LogP contribution in [0, 0.1) is 3.57 Å². The fourth-order valence-electron chi connectivity index (χ4n) is 0.896. The van der Waals surface area contributed by atoms with Crippen molar-refractivity contribution in [3.63, 3.8) is 0 Å². The smallest absolute Gasteiger partial charge is 0.0625 e. The largest absolute Gasteiger partial charge is 0.275 e. The number of nitrogens with zero attached hydrogens (tertiary/aromatic N) is 4. The maximum atomic E-state index is 3.98. The van der Waals surface area contributed by atoms with E-state index in [0.717, 1.165) is 0 Å². The molecule has 0 amide bonds. The number of thioether (sulfide) groups is 1. The molecule has 0 aliphatic carbocycles. The predicted octanol–water partition coefficient (Wildman–Crippen LogP) is 3.79. The average Bonchev–Trinajstić information content (AvgIpc) is 2.99. The fraction of sp³-hybridized carbons (Fsp3) is 0.455. The van der Waals surface area contributed by atoms with Crippen molar-refractivity contribution in [2.45, 2.75) is 4.90 Å². The molecule has 0 bridgehead atoms. The first-order valence-electron chi connectivity index (χ1n) is 5.27. The minimum absolute atomic E-state index is 1.18. The number of aromatic nitrogens is 4. The van der Waals surface area contributed by atoms with Crippen LogP contribution in [-0.4, -0.2) is 38.3 Å². The number of rotatable bonds is 2. The Bertz CT molecular complexity index is 426. The quantitative estimate of drug-likeness (QED) is 0.412. The maximum absolute atomic E-state index is 3.98. The van der Waals surface area contributed by atoms with Crippen LogP contribution in [0.2, 0.25) is 0 Å². The van der Waals surface area contributed by atoms with Gasteiger partial charge >= 0.3 is 0 Å². The van der Waals surface area contributed by atoms with Gasteiger partial charge in [-0.1, -0.05) is 21.6 Å². The van der Waals surface area contributed by atoms with E-state index in [1.54, 1.807) is 42.7 Å². The second kappa shape index (κ2) is 12.0. The van der Waals surface area contributed by atoms with Gasteiger partial charge in [-0.05, 0) is 41.4 Å². The normalized spacial score (nSPS) is 9.16. The summed E-state index contributed by atoms with van der Waals surface area (Å²) in [4.78, 5) is 1.22. The van der Waals surface area contributed by atoms with Gasteiger partial charge in [0, 0.05) is 31.4 Å². The molecule has 0 spiro atoms. The number of hydrogen-bond acceptors (Lipinski definition) is 5. The summed E-state index contributed by atoms with van der Waals surface area (Å²) in [6, 6.07) is 0. The second-order valence-corrected chi connectivity index (χ2v) is 8.01. The molecule has 0 N–H and O–H groups in total. The van der Waals surface area contributed by atoms with Crippen molar-refractivity contribution in [3.8, 4) is 0 Å². The summed E-state index contributed by atoms with van der Waals surface area (Å²) >= 11 is 3.92. The summed E-state index contributed by atoms with van der Waals surface area (Å²) in [6.45, 7) is 0. The Labute approximate surface area is 141 Å². The zero-order valence-corrected chi connectivity index (χ0v) is 16.3. The maximum Gasteiger partial charge on any atom is 0.0625 e. The summed E-state index contributed by atoms with van der Waals surface area (Å²) in [7, 11) is 7.37. The summed E-state index contributed by atoms with van der Waals surface area (Å²) < 4.78 is 4.76. The second-order valence-electron chi connectivity index (χ2n) is 3.22. The number of aryl methyl sites for hydroxylation is 2. The molecular formula is C11H19IN4S3. The molecule has 2 rings (SSSR count). The van der Waals surface area contributed by atoms with Gasteiger partial charge in [0.05, 0.1) is 16.0 Å². The van der Waals surface area contributed by atoms with Crippen LogP contribution >= 0.6 is 55.9 Å². The van der Waals surface area contributed by atoms with E-state index in [1.165, 1.54) is 8.47 Å². The van der Waals surface area contributed by atoms with Gasteiger partial charge in [-0.3, -0.25) is 9.36 Å². The Kier molecular flexibility index (Phi) is 12.1. The third kappa shape index (κ3) is 10.6. The van der Waals surface area contributed by atoms with Gasteiger partial charge in [0.2, 0.25) is 0 Å². The lowest BCUT2D eigenvalue weighted by Crippen LogP contribution is -1.83. The first kappa shape index (κ1) is 19.2. The molecular weight excluding hydrogens is 411 g/mol. The van der Waals surface area contributed by atoms with Crippen molar-refractivity contribution >= 4 is 55.9 Å². The molecule has 0 fully saturated rings. The van der Waals surface area contributed by atoms with Gasteiger partial charge in [-0.15, -0.1) is 11.8 Å². The molecule has 0 saturated heterocycles. The summed E-state index contributed by atoms with van der Waals surface area (Å²) in [5, 5.41) is 7.91. The van der Waals surface area contributed by atoms with Gasteiger partial charge in [-0.25, -0.2) is 0 Å². The first-order valence-corrected chi connectivity index (χ1v) is 10.5. The minimum atomic E-state index is 1.18. The highest BCUT2D eigenvalue weighted by molar-refractivity contribution is 14.1. The summed E-state index contributed by atoms with van der Waals surface area (Å²) in [5.41, 5.74) is 0. The van der Waals surface area contributed by atoms with Crippen molar-refractivity contribution in [1.82, 2.24) is 19.6 Å². The number of halogens is 1. The van der Waals surface area contributed by atoms with E-state index < -0.39 is 0 Å². The van der Waals surface area contributed by atoms with Crippen molar-refractivity contribution in [1.29, 1.82) is 0 Å². The predicted molar refractivity (Wildman–Crippen MR) is 97.9 cm³/mol. The molecule has 0 aliphatic rings. The zero-order chi connectivity index (χ0) is 14.7. The van der Waals surface area contributed by atoms with Gasteiger partial charge < -0.3 is 0 Å². The lowest BCUT2D eigenvalue weighted by molar-refractivity contribution is 0.766. The van der Waals surface area contributed by atoms with Gasteiger partial charge in [0.25, 0.3) is 0 Å². The lowest BCUT2D eigenvalue weighted by Gasteiger charge is -1.81. The Balaban J connectivity index is 0.000000272. The molecule has 108 valence electrons. The topological polar surface area (TPSA) is 35.6 Å².